The van der Waals surface area contributed by atoms with E-state index in [1.807, 2.05) is 66.4 Å². The van der Waals surface area contributed by atoms with E-state index in [-0.39, 0.29) is 6.61 Å². The van der Waals surface area contributed by atoms with Crippen molar-refractivity contribution in [2.75, 3.05) is 0 Å². The Hall–Kier alpha value is -3.52. The van der Waals surface area contributed by atoms with Gasteiger partial charge in [0.1, 0.15) is 0 Å². The summed E-state index contributed by atoms with van der Waals surface area (Å²) in [5, 5.41) is 10.3. The first-order valence-electron chi connectivity index (χ1n) is 8.95. The smallest absolute Gasteiger partial charge is 0.331 e. The number of benzene rings is 1. The van der Waals surface area contributed by atoms with E-state index >= 15 is 0 Å². The fraction of sp³-hybridized carbons (Fsp3) is 0.143. The minimum atomic E-state index is -0.487. The summed E-state index contributed by atoms with van der Waals surface area (Å²) >= 11 is 1.50. The summed E-state index contributed by atoms with van der Waals surface area (Å²) in [6.45, 7) is 3.81. The predicted molar refractivity (Wildman–Crippen MR) is 109 cm³/mol. The molecule has 4 aromatic rings. The third-order valence-electron chi connectivity index (χ3n) is 4.28. The van der Waals surface area contributed by atoms with E-state index in [0.717, 1.165) is 27.5 Å². The van der Waals surface area contributed by atoms with Gasteiger partial charge in [-0.1, -0.05) is 29.4 Å². The van der Waals surface area contributed by atoms with Crippen molar-refractivity contribution in [3.05, 3.63) is 76.7 Å². The van der Waals surface area contributed by atoms with E-state index in [4.69, 9.17) is 9.26 Å². The van der Waals surface area contributed by atoms with Crippen LogP contribution in [0.2, 0.25) is 0 Å². The molecule has 0 amide bonds. The Bertz CT molecular complexity index is 1140. The van der Waals surface area contributed by atoms with Crippen LogP contribution in [0, 0.1) is 13.8 Å². The molecule has 0 unspecified atom stereocenters. The quantitative estimate of drug-likeness (QED) is 0.350. The zero-order valence-corrected chi connectivity index (χ0v) is 16.7. The van der Waals surface area contributed by atoms with Crippen LogP contribution < -0.4 is 0 Å². The molecule has 0 aliphatic rings. The van der Waals surface area contributed by atoms with Gasteiger partial charge in [0.05, 0.1) is 16.3 Å². The van der Waals surface area contributed by atoms with Crippen molar-refractivity contribution in [1.29, 1.82) is 0 Å². The highest BCUT2D eigenvalue weighted by atomic mass is 32.1. The third-order valence-corrected chi connectivity index (χ3v) is 5.14. The van der Waals surface area contributed by atoms with Gasteiger partial charge < -0.3 is 9.26 Å². The Kier molecular flexibility index (Phi) is 5.35. The second-order valence-electron chi connectivity index (χ2n) is 6.27. The van der Waals surface area contributed by atoms with Gasteiger partial charge in [0.25, 0.3) is 5.89 Å². The zero-order chi connectivity index (χ0) is 20.2. The monoisotopic (exact) mass is 406 g/mol. The van der Waals surface area contributed by atoms with Crippen LogP contribution in [0.15, 0.2) is 58.4 Å². The second-order valence-corrected chi connectivity index (χ2v) is 7.21. The van der Waals surface area contributed by atoms with E-state index < -0.39 is 5.97 Å². The number of hydrogen-bond acceptors (Lipinski definition) is 7. The lowest BCUT2D eigenvalue weighted by Crippen LogP contribution is -2.02. The fourth-order valence-electron chi connectivity index (χ4n) is 2.86. The third kappa shape index (κ3) is 4.17. The first-order valence-corrected chi connectivity index (χ1v) is 9.83. The minimum absolute atomic E-state index is 0.0563. The molecule has 0 aliphatic carbocycles. The normalized spacial score (nSPS) is 11.2. The number of aryl methyl sites for hydroxylation is 1. The van der Waals surface area contributed by atoms with Crippen molar-refractivity contribution >= 4 is 23.4 Å². The van der Waals surface area contributed by atoms with Crippen LogP contribution in [0.1, 0.15) is 22.8 Å². The topological polar surface area (TPSA) is 83.0 Å². The summed E-state index contributed by atoms with van der Waals surface area (Å²) in [5.41, 5.74) is 3.62. The summed E-state index contributed by atoms with van der Waals surface area (Å²) in [4.78, 5) is 17.2. The number of rotatable bonds is 6. The molecule has 7 nitrogen and oxygen atoms in total. The molecule has 0 saturated heterocycles. The summed E-state index contributed by atoms with van der Waals surface area (Å²) in [5.74, 6) is 0.249. The number of ether oxygens (including phenoxy) is 1. The maximum Gasteiger partial charge on any atom is 0.331 e. The average molecular weight is 406 g/mol. The Morgan fingerprint density at radius 3 is 2.79 bits per heavy atom. The molecule has 0 fully saturated rings. The molecule has 29 heavy (non-hydrogen) atoms. The number of esters is 1. The largest absolute Gasteiger partial charge is 0.454 e. The molecule has 146 valence electrons. The van der Waals surface area contributed by atoms with E-state index in [1.165, 1.54) is 17.4 Å². The maximum absolute atomic E-state index is 12.1. The van der Waals surface area contributed by atoms with E-state index in [0.29, 0.717) is 11.7 Å². The van der Waals surface area contributed by atoms with Crippen molar-refractivity contribution in [2.45, 2.75) is 20.5 Å². The molecule has 0 N–H and O–H groups in total. The van der Waals surface area contributed by atoms with Crippen molar-refractivity contribution < 1.29 is 14.1 Å². The average Bonchev–Trinajstić information content (AvgIpc) is 3.47. The highest BCUT2D eigenvalue weighted by molar-refractivity contribution is 7.13. The van der Waals surface area contributed by atoms with Gasteiger partial charge in [-0.3, -0.25) is 0 Å². The van der Waals surface area contributed by atoms with Gasteiger partial charge in [0, 0.05) is 17.3 Å². The lowest BCUT2D eigenvalue weighted by atomic mass is 10.2. The molecule has 4 rings (SSSR count). The number of aromatic nitrogens is 4. The minimum Gasteiger partial charge on any atom is -0.454 e. The van der Waals surface area contributed by atoms with Crippen molar-refractivity contribution in [3.8, 4) is 16.5 Å². The summed E-state index contributed by atoms with van der Waals surface area (Å²) in [6, 6.07) is 13.6. The van der Waals surface area contributed by atoms with Crippen LogP contribution in [-0.2, 0) is 16.1 Å². The van der Waals surface area contributed by atoms with E-state index in [2.05, 4.69) is 15.2 Å². The van der Waals surface area contributed by atoms with Gasteiger partial charge in [-0.2, -0.15) is 10.1 Å². The van der Waals surface area contributed by atoms with Crippen LogP contribution in [0.3, 0.4) is 0 Å². The highest BCUT2D eigenvalue weighted by Gasteiger charge is 2.13. The van der Waals surface area contributed by atoms with Gasteiger partial charge in [-0.15, -0.1) is 11.3 Å². The van der Waals surface area contributed by atoms with Crippen LogP contribution >= 0.6 is 11.3 Å². The van der Waals surface area contributed by atoms with Gasteiger partial charge in [0.2, 0.25) is 5.82 Å². The van der Waals surface area contributed by atoms with Crippen molar-refractivity contribution in [1.82, 2.24) is 19.9 Å². The van der Waals surface area contributed by atoms with Crippen LogP contribution in [-0.4, -0.2) is 25.9 Å². The highest BCUT2D eigenvalue weighted by Crippen LogP contribution is 2.22. The number of thiophene rings is 1. The predicted octanol–water partition coefficient (Wildman–Crippen LogP) is 4.36. The number of para-hydroxylation sites is 1. The first kappa shape index (κ1) is 18.8. The Morgan fingerprint density at radius 2 is 2.03 bits per heavy atom. The van der Waals surface area contributed by atoms with Gasteiger partial charge in [0.15, 0.2) is 6.61 Å². The summed E-state index contributed by atoms with van der Waals surface area (Å²) < 4.78 is 12.2. The molecule has 0 radical (unpaired) electrons. The van der Waals surface area contributed by atoms with Crippen LogP contribution in [0.25, 0.3) is 22.5 Å². The van der Waals surface area contributed by atoms with E-state index in [1.54, 1.807) is 6.08 Å². The molecule has 1 aromatic carbocycles. The number of carbonyl (C=O) groups is 1. The Labute approximate surface area is 171 Å². The van der Waals surface area contributed by atoms with Gasteiger partial charge in [-0.05, 0) is 43.5 Å². The number of carbonyl (C=O) groups excluding carboxylic acids is 1. The first-order chi connectivity index (χ1) is 14.1. The Balaban J connectivity index is 1.41. The van der Waals surface area contributed by atoms with Crippen LogP contribution in [0.5, 0.6) is 0 Å². The molecule has 3 aromatic heterocycles. The molecule has 8 heteroatoms. The molecular weight excluding hydrogens is 388 g/mol. The number of hydrogen-bond donors (Lipinski definition) is 0. The van der Waals surface area contributed by atoms with Gasteiger partial charge in [-0.25, -0.2) is 9.48 Å². The summed E-state index contributed by atoms with van der Waals surface area (Å²) in [6.07, 6.45) is 3.10. The lowest BCUT2D eigenvalue weighted by Gasteiger charge is -2.03. The molecule has 0 bridgehead atoms. The fourth-order valence-corrected chi connectivity index (χ4v) is 3.51. The molecule has 0 spiro atoms. The molecule has 3 heterocycles. The lowest BCUT2D eigenvalue weighted by molar-refractivity contribution is -0.139. The molecule has 0 saturated carbocycles. The zero-order valence-electron chi connectivity index (χ0n) is 15.9. The second kappa shape index (κ2) is 8.24. The standard InChI is InChI=1S/C21H18N4O3S/c1-14-17(15(2)25(23-14)16-7-4-3-5-8-16)10-11-20(26)27-13-19-22-21(28-24-19)18-9-6-12-29-18/h3-12H,13H2,1-2H3/b11-10+. The Morgan fingerprint density at radius 1 is 1.21 bits per heavy atom. The molecule has 0 aliphatic heterocycles. The van der Waals surface area contributed by atoms with Gasteiger partial charge >= 0.3 is 5.97 Å². The maximum atomic E-state index is 12.1. The molecular formula is C21H18N4O3S. The number of nitrogens with zero attached hydrogens (tertiary/aromatic N) is 4. The van der Waals surface area contributed by atoms with E-state index in [9.17, 15) is 4.79 Å². The van der Waals surface area contributed by atoms with Crippen molar-refractivity contribution in [3.63, 3.8) is 0 Å². The summed E-state index contributed by atoms with van der Waals surface area (Å²) in [7, 11) is 0. The molecule has 0 atom stereocenters. The van der Waals surface area contributed by atoms with Crippen LogP contribution in [0.4, 0.5) is 0 Å². The SMILES string of the molecule is Cc1nn(-c2ccccc2)c(C)c1/C=C/C(=O)OCc1noc(-c2cccs2)n1. The van der Waals surface area contributed by atoms with Crippen molar-refractivity contribution in [2.24, 2.45) is 0 Å².